The van der Waals surface area contributed by atoms with Crippen LogP contribution < -0.4 is 10.6 Å². The molecule has 2 amide bonds. The number of aliphatic hydroxyl groups excluding tert-OH is 1. The first kappa shape index (κ1) is 38.1. The van der Waals surface area contributed by atoms with Gasteiger partial charge in [0.25, 0.3) is 11.8 Å². The number of halogens is 5. The van der Waals surface area contributed by atoms with Crippen molar-refractivity contribution in [2.24, 2.45) is 0 Å². The Bertz CT molecular complexity index is 1900. The van der Waals surface area contributed by atoms with Crippen LogP contribution >= 0.6 is 0 Å². The number of hydrogen-bond acceptors (Lipinski definition) is 6. The Morgan fingerprint density at radius 1 is 1.04 bits per heavy atom. The van der Waals surface area contributed by atoms with E-state index in [9.17, 15) is 36.6 Å². The molecule has 0 saturated heterocycles. The molecule has 0 spiro atoms. The van der Waals surface area contributed by atoms with Crippen molar-refractivity contribution in [1.82, 2.24) is 20.5 Å². The van der Waals surface area contributed by atoms with Crippen LogP contribution in [0, 0.1) is 11.6 Å². The molecular weight excluding hydrogens is 695 g/mol. The third-order valence-corrected chi connectivity index (χ3v) is 10.3. The Balaban J connectivity index is 1.30. The Labute approximate surface area is 304 Å². The number of aromatic nitrogens is 1. The molecule has 1 saturated carbocycles. The first-order chi connectivity index (χ1) is 25.3. The summed E-state index contributed by atoms with van der Waals surface area (Å²) < 4.78 is 74.6. The molecule has 6 rings (SSSR count). The van der Waals surface area contributed by atoms with E-state index in [0.717, 1.165) is 49.9 Å². The molecule has 3 aromatic carbocycles. The van der Waals surface area contributed by atoms with Crippen LogP contribution in [0.5, 0.6) is 0 Å². The summed E-state index contributed by atoms with van der Waals surface area (Å²) in [6.07, 6.45) is 1.70. The number of nitrogens with one attached hydrogen (secondary N) is 2. The van der Waals surface area contributed by atoms with Crippen LogP contribution in [0.2, 0.25) is 0 Å². The highest BCUT2D eigenvalue weighted by molar-refractivity contribution is 6.04. The van der Waals surface area contributed by atoms with E-state index < -0.39 is 47.0 Å². The summed E-state index contributed by atoms with van der Waals surface area (Å²) in [4.78, 5) is 34.5. The van der Waals surface area contributed by atoms with Crippen LogP contribution in [-0.2, 0) is 24.6 Å². The van der Waals surface area contributed by atoms with E-state index in [1.165, 1.54) is 18.5 Å². The van der Waals surface area contributed by atoms with Gasteiger partial charge < -0.3 is 25.1 Å². The van der Waals surface area contributed by atoms with Gasteiger partial charge in [-0.1, -0.05) is 38.8 Å². The van der Waals surface area contributed by atoms with Crippen LogP contribution in [0.4, 0.5) is 22.0 Å². The van der Waals surface area contributed by atoms with Gasteiger partial charge in [0.15, 0.2) is 0 Å². The number of fused-ring (bicyclic) bond motifs is 1. The fourth-order valence-electron chi connectivity index (χ4n) is 7.42. The lowest BCUT2D eigenvalue weighted by Crippen LogP contribution is -2.50. The van der Waals surface area contributed by atoms with Crippen molar-refractivity contribution in [3.63, 3.8) is 0 Å². The Kier molecular flexibility index (Phi) is 11.3. The summed E-state index contributed by atoms with van der Waals surface area (Å²) in [6, 6.07) is 10.1. The van der Waals surface area contributed by atoms with Gasteiger partial charge >= 0.3 is 6.18 Å². The van der Waals surface area contributed by atoms with Gasteiger partial charge in [-0.3, -0.25) is 9.59 Å². The molecule has 2 atom stereocenters. The summed E-state index contributed by atoms with van der Waals surface area (Å²) in [5, 5.41) is 17.6. The fourth-order valence-corrected chi connectivity index (χ4v) is 7.42. The summed E-state index contributed by atoms with van der Waals surface area (Å²) in [5.74, 6) is -2.31. The number of carbonyl (C=O) groups is 2. The lowest BCUT2D eigenvalue weighted by Gasteiger charge is -2.36. The van der Waals surface area contributed by atoms with E-state index in [0.29, 0.717) is 54.1 Å². The molecule has 0 bridgehead atoms. The first-order valence-corrected chi connectivity index (χ1v) is 18.1. The number of carbonyl (C=O) groups excluding carboxylic acids is 2. The average Bonchev–Trinajstić information content (AvgIpc) is 3.71. The smallest absolute Gasteiger partial charge is 0.416 e. The zero-order chi connectivity index (χ0) is 37.9. The van der Waals surface area contributed by atoms with E-state index in [-0.39, 0.29) is 41.9 Å². The van der Waals surface area contributed by atoms with Gasteiger partial charge in [-0.15, -0.1) is 0 Å². The molecule has 2 heterocycles. The van der Waals surface area contributed by atoms with Gasteiger partial charge in [-0.05, 0) is 91.6 Å². The van der Waals surface area contributed by atoms with Crippen LogP contribution in [0.25, 0.3) is 11.5 Å². The van der Waals surface area contributed by atoms with Gasteiger partial charge in [0.05, 0.1) is 23.9 Å². The molecule has 1 aromatic heterocycles. The molecule has 2 aliphatic rings. The second kappa shape index (κ2) is 15.8. The van der Waals surface area contributed by atoms with Crippen LogP contribution in [0.3, 0.4) is 0 Å². The van der Waals surface area contributed by atoms with Crippen LogP contribution in [-0.4, -0.2) is 58.1 Å². The molecule has 2 unspecified atom stereocenters. The van der Waals surface area contributed by atoms with E-state index in [1.807, 2.05) is 4.90 Å². The van der Waals surface area contributed by atoms with Crippen molar-refractivity contribution < 1.29 is 41.1 Å². The quantitative estimate of drug-likeness (QED) is 0.109. The maximum atomic E-state index is 14.3. The topological polar surface area (TPSA) is 108 Å². The Morgan fingerprint density at radius 2 is 1.75 bits per heavy atom. The minimum atomic E-state index is -4.53. The van der Waals surface area contributed by atoms with Crippen molar-refractivity contribution in [2.75, 3.05) is 13.1 Å². The molecule has 3 N–H and O–H groups in total. The maximum absolute atomic E-state index is 14.3. The molecule has 8 nitrogen and oxygen atoms in total. The van der Waals surface area contributed by atoms with Gasteiger partial charge in [0.1, 0.15) is 17.9 Å². The third kappa shape index (κ3) is 8.62. The number of amides is 2. The first-order valence-electron chi connectivity index (χ1n) is 18.1. The lowest BCUT2D eigenvalue weighted by atomic mass is 9.89. The molecule has 1 aliphatic carbocycles. The minimum Gasteiger partial charge on any atom is -0.445 e. The minimum absolute atomic E-state index is 0.0395. The third-order valence-electron chi connectivity index (χ3n) is 10.3. The summed E-state index contributed by atoms with van der Waals surface area (Å²) in [6.45, 7) is 4.40. The van der Waals surface area contributed by atoms with Gasteiger partial charge in [-0.25, -0.2) is 13.8 Å². The predicted molar refractivity (Wildman–Crippen MR) is 188 cm³/mol. The number of aliphatic hydroxyl groups is 1. The number of nitrogens with zero attached hydrogens (tertiary/aromatic N) is 2. The molecule has 1 aliphatic heterocycles. The van der Waals surface area contributed by atoms with Crippen molar-refractivity contribution in [3.05, 3.63) is 112 Å². The highest BCUT2D eigenvalue weighted by Crippen LogP contribution is 2.46. The predicted octanol–water partition coefficient (Wildman–Crippen LogP) is 7.59. The van der Waals surface area contributed by atoms with Gasteiger partial charge in [-0.2, -0.15) is 13.2 Å². The van der Waals surface area contributed by atoms with Gasteiger partial charge in [0.2, 0.25) is 5.89 Å². The van der Waals surface area contributed by atoms with E-state index >= 15 is 0 Å². The van der Waals surface area contributed by atoms with Crippen molar-refractivity contribution in [1.29, 1.82) is 0 Å². The lowest BCUT2D eigenvalue weighted by molar-refractivity contribution is -0.137. The highest BCUT2D eigenvalue weighted by atomic mass is 19.4. The number of benzene rings is 3. The van der Waals surface area contributed by atoms with Crippen molar-refractivity contribution in [2.45, 2.75) is 95.1 Å². The molecule has 53 heavy (non-hydrogen) atoms. The van der Waals surface area contributed by atoms with Gasteiger partial charge in [0, 0.05) is 47.4 Å². The standard InChI is InChI=1S/C40H43F5N4O4/c1-3-6-30(7-4-2)49-14-10-31-32(19-25(20-33(31)38(49)52)37-46-13-15-53-37)36(51)48-34(18-24-16-28(41)22-29(42)17-24)35(50)23-47-39(11-12-39)26-8-5-9-27(21-26)40(43,44)45/h5,8-9,13,15-17,19-22,30,34-35,47,50H,3-4,6-7,10-12,14,18,23H2,1-2H3,(H,48,51). The summed E-state index contributed by atoms with van der Waals surface area (Å²) >= 11 is 0. The van der Waals surface area contributed by atoms with Crippen LogP contribution in [0.1, 0.15) is 95.3 Å². The van der Waals surface area contributed by atoms with E-state index in [4.69, 9.17) is 4.42 Å². The molecule has 4 aromatic rings. The zero-order valence-corrected chi connectivity index (χ0v) is 29.6. The highest BCUT2D eigenvalue weighted by Gasteiger charge is 2.45. The normalized spacial score (nSPS) is 16.4. The summed E-state index contributed by atoms with van der Waals surface area (Å²) in [7, 11) is 0. The maximum Gasteiger partial charge on any atom is 0.416 e. The van der Waals surface area contributed by atoms with Crippen LogP contribution in [0.15, 0.2) is 71.5 Å². The SMILES string of the molecule is CCCC(CCC)N1CCc2c(C(=O)NC(Cc3cc(F)cc(F)c3)C(O)CNC3(c4cccc(C(F)(F)F)c4)CC3)cc(-c3ncco3)cc2C1=O. The number of alkyl halides is 3. The van der Waals surface area contributed by atoms with Crippen molar-refractivity contribution in [3.8, 4) is 11.5 Å². The number of oxazole rings is 1. The number of rotatable bonds is 15. The Morgan fingerprint density at radius 3 is 2.38 bits per heavy atom. The second-order valence-electron chi connectivity index (χ2n) is 14.0. The fraction of sp³-hybridized carbons (Fsp3) is 0.425. The largest absolute Gasteiger partial charge is 0.445 e. The number of hydrogen-bond donors (Lipinski definition) is 3. The summed E-state index contributed by atoms with van der Waals surface area (Å²) in [5.41, 5.74) is 0.429. The average molecular weight is 739 g/mol. The molecule has 13 heteroatoms. The monoisotopic (exact) mass is 738 g/mol. The van der Waals surface area contributed by atoms with E-state index in [2.05, 4.69) is 29.5 Å². The second-order valence-corrected chi connectivity index (χ2v) is 14.0. The molecular formula is C40H43F5N4O4. The molecule has 1 fully saturated rings. The zero-order valence-electron chi connectivity index (χ0n) is 29.6. The Hall–Kier alpha value is -4.62. The van der Waals surface area contributed by atoms with Crippen molar-refractivity contribution >= 4 is 11.8 Å². The molecule has 282 valence electrons. The molecule has 0 radical (unpaired) electrons. The van der Waals surface area contributed by atoms with E-state index in [1.54, 1.807) is 18.2 Å².